The second kappa shape index (κ2) is 11.6. The summed E-state index contributed by atoms with van der Waals surface area (Å²) in [4.78, 5) is 8.86. The van der Waals surface area contributed by atoms with Gasteiger partial charge in [0.25, 0.3) is 0 Å². The van der Waals surface area contributed by atoms with Crippen molar-refractivity contribution in [2.45, 2.75) is 45.6 Å². The minimum absolute atomic E-state index is 0. The van der Waals surface area contributed by atoms with Crippen LogP contribution in [0, 0.1) is 5.41 Å². The van der Waals surface area contributed by atoms with Gasteiger partial charge in [0.1, 0.15) is 0 Å². The monoisotopic (exact) mass is 496 g/mol. The summed E-state index contributed by atoms with van der Waals surface area (Å²) in [6, 6.07) is 10.3. The first-order chi connectivity index (χ1) is 13.3. The van der Waals surface area contributed by atoms with Crippen LogP contribution in [0.5, 0.6) is 0 Å². The molecule has 1 aliphatic rings. The quantitative estimate of drug-likeness (QED) is 0.245. The molecule has 0 saturated heterocycles. The van der Waals surface area contributed by atoms with Crippen LogP contribution in [0.15, 0.2) is 41.5 Å². The standard InChI is InChI=1S/C22H32N4O.HI/c1-3-27-15-13-22(11-6-7-12-22)17-26-21(23-2)25-16-18-10-14-24-20-9-5-4-8-19(18)20;/h4-5,8-10,14H,3,6-7,11-13,15-17H2,1-2H3,(H2,23,25,26);1H. The average Bonchev–Trinajstić information content (AvgIpc) is 3.17. The fourth-order valence-corrected chi connectivity index (χ4v) is 4.05. The Morgan fingerprint density at radius 1 is 1.18 bits per heavy atom. The minimum atomic E-state index is 0. The highest BCUT2D eigenvalue weighted by molar-refractivity contribution is 14.0. The lowest BCUT2D eigenvalue weighted by Crippen LogP contribution is -2.43. The van der Waals surface area contributed by atoms with Crippen LogP contribution in [0.4, 0.5) is 0 Å². The summed E-state index contributed by atoms with van der Waals surface area (Å²) in [5.74, 6) is 0.860. The first kappa shape index (κ1) is 22.9. The fourth-order valence-electron chi connectivity index (χ4n) is 4.05. The lowest BCUT2D eigenvalue weighted by atomic mass is 9.83. The van der Waals surface area contributed by atoms with Gasteiger partial charge in [0.2, 0.25) is 0 Å². The van der Waals surface area contributed by atoms with E-state index in [0.29, 0.717) is 5.41 Å². The normalized spacial score (nSPS) is 16.0. The Kier molecular flexibility index (Phi) is 9.44. The summed E-state index contributed by atoms with van der Waals surface area (Å²) in [6.07, 6.45) is 8.19. The molecule has 0 atom stereocenters. The molecule has 0 spiro atoms. The Labute approximate surface area is 185 Å². The molecule has 1 aromatic heterocycles. The van der Waals surface area contributed by atoms with Crippen molar-refractivity contribution in [2.75, 3.05) is 26.8 Å². The van der Waals surface area contributed by atoms with Crippen molar-refractivity contribution in [1.82, 2.24) is 15.6 Å². The van der Waals surface area contributed by atoms with E-state index in [-0.39, 0.29) is 24.0 Å². The van der Waals surface area contributed by atoms with Gasteiger partial charge in [-0.3, -0.25) is 9.98 Å². The van der Waals surface area contributed by atoms with Gasteiger partial charge in [0, 0.05) is 44.9 Å². The summed E-state index contributed by atoms with van der Waals surface area (Å²) in [6.45, 7) is 5.40. The van der Waals surface area contributed by atoms with E-state index < -0.39 is 0 Å². The molecule has 1 aliphatic carbocycles. The summed E-state index contributed by atoms with van der Waals surface area (Å²) >= 11 is 0. The number of para-hydroxylation sites is 1. The van der Waals surface area contributed by atoms with Crippen molar-refractivity contribution in [3.63, 3.8) is 0 Å². The molecule has 0 radical (unpaired) electrons. The number of ether oxygens (including phenoxy) is 1. The van der Waals surface area contributed by atoms with Gasteiger partial charge in [-0.05, 0) is 49.3 Å². The largest absolute Gasteiger partial charge is 0.382 e. The molecule has 0 unspecified atom stereocenters. The van der Waals surface area contributed by atoms with Crippen LogP contribution >= 0.6 is 24.0 Å². The van der Waals surface area contributed by atoms with Gasteiger partial charge in [0.05, 0.1) is 5.52 Å². The molecule has 0 amide bonds. The van der Waals surface area contributed by atoms with Crippen molar-refractivity contribution < 1.29 is 4.74 Å². The molecule has 0 bridgehead atoms. The van der Waals surface area contributed by atoms with Crippen molar-refractivity contribution in [3.05, 3.63) is 42.1 Å². The van der Waals surface area contributed by atoms with E-state index >= 15 is 0 Å². The lowest BCUT2D eigenvalue weighted by Gasteiger charge is -2.30. The van der Waals surface area contributed by atoms with Crippen LogP contribution in [0.1, 0.15) is 44.6 Å². The second-order valence-electron chi connectivity index (χ2n) is 7.42. The molecule has 1 aromatic carbocycles. The van der Waals surface area contributed by atoms with Gasteiger partial charge in [-0.15, -0.1) is 24.0 Å². The summed E-state index contributed by atoms with van der Waals surface area (Å²) < 4.78 is 5.62. The molecule has 1 fully saturated rings. The fraction of sp³-hybridized carbons (Fsp3) is 0.545. The lowest BCUT2D eigenvalue weighted by molar-refractivity contribution is 0.105. The van der Waals surface area contributed by atoms with Gasteiger partial charge in [-0.1, -0.05) is 31.0 Å². The van der Waals surface area contributed by atoms with Crippen LogP contribution in [0.3, 0.4) is 0 Å². The molecule has 2 aromatic rings. The Balaban J connectivity index is 0.00000280. The van der Waals surface area contributed by atoms with Crippen LogP contribution < -0.4 is 10.6 Å². The predicted molar refractivity (Wildman–Crippen MR) is 127 cm³/mol. The molecular formula is C22H33IN4O. The van der Waals surface area contributed by atoms with E-state index in [4.69, 9.17) is 4.74 Å². The van der Waals surface area contributed by atoms with Crippen molar-refractivity contribution in [2.24, 2.45) is 10.4 Å². The number of nitrogens with one attached hydrogen (secondary N) is 2. The second-order valence-corrected chi connectivity index (χ2v) is 7.42. The first-order valence-electron chi connectivity index (χ1n) is 10.1. The Morgan fingerprint density at radius 3 is 2.71 bits per heavy atom. The molecule has 5 nitrogen and oxygen atoms in total. The maximum Gasteiger partial charge on any atom is 0.191 e. The van der Waals surface area contributed by atoms with Gasteiger partial charge in [0.15, 0.2) is 5.96 Å². The number of halogens is 1. The Morgan fingerprint density at radius 2 is 1.96 bits per heavy atom. The van der Waals surface area contributed by atoms with E-state index in [9.17, 15) is 0 Å². The van der Waals surface area contributed by atoms with Gasteiger partial charge in [-0.25, -0.2) is 0 Å². The highest BCUT2D eigenvalue weighted by atomic mass is 127. The van der Waals surface area contributed by atoms with E-state index in [0.717, 1.165) is 44.2 Å². The zero-order valence-corrected chi connectivity index (χ0v) is 19.4. The van der Waals surface area contributed by atoms with Crippen molar-refractivity contribution in [3.8, 4) is 0 Å². The molecule has 3 rings (SSSR count). The first-order valence-corrected chi connectivity index (χ1v) is 10.1. The van der Waals surface area contributed by atoms with E-state index in [1.165, 1.54) is 36.6 Å². The zero-order valence-electron chi connectivity index (χ0n) is 17.0. The SMILES string of the molecule is CCOCCC1(CNC(=NC)NCc2ccnc3ccccc23)CCCC1.I. The molecule has 28 heavy (non-hydrogen) atoms. The number of guanidine groups is 1. The maximum absolute atomic E-state index is 5.62. The smallest absolute Gasteiger partial charge is 0.191 e. The van der Waals surface area contributed by atoms with E-state index in [2.05, 4.69) is 45.7 Å². The number of pyridine rings is 1. The third-order valence-electron chi connectivity index (χ3n) is 5.69. The molecular weight excluding hydrogens is 463 g/mol. The number of rotatable bonds is 8. The molecule has 154 valence electrons. The molecule has 1 heterocycles. The Hall–Kier alpha value is -1.41. The number of nitrogens with zero attached hydrogens (tertiary/aromatic N) is 2. The molecule has 0 aliphatic heterocycles. The summed E-state index contributed by atoms with van der Waals surface area (Å²) in [5, 5.41) is 8.22. The average molecular weight is 496 g/mol. The number of benzene rings is 1. The van der Waals surface area contributed by atoms with Crippen molar-refractivity contribution in [1.29, 1.82) is 0 Å². The molecule has 6 heteroatoms. The van der Waals surface area contributed by atoms with Gasteiger partial charge in [-0.2, -0.15) is 0 Å². The number of hydrogen-bond donors (Lipinski definition) is 2. The summed E-state index contributed by atoms with van der Waals surface area (Å²) in [7, 11) is 1.83. The summed E-state index contributed by atoms with van der Waals surface area (Å²) in [5.41, 5.74) is 2.60. The van der Waals surface area contributed by atoms with Crippen molar-refractivity contribution >= 4 is 40.8 Å². The third kappa shape index (κ3) is 6.04. The highest BCUT2D eigenvalue weighted by Crippen LogP contribution is 2.40. The van der Waals surface area contributed by atoms with Crippen LogP contribution in [0.25, 0.3) is 10.9 Å². The number of aromatic nitrogens is 1. The van der Waals surface area contributed by atoms with E-state index in [1.807, 2.05) is 25.4 Å². The van der Waals surface area contributed by atoms with Gasteiger partial charge < -0.3 is 15.4 Å². The predicted octanol–water partition coefficient (Wildman–Crippen LogP) is 4.50. The number of hydrogen-bond acceptors (Lipinski definition) is 3. The molecule has 2 N–H and O–H groups in total. The topological polar surface area (TPSA) is 58.5 Å². The number of fused-ring (bicyclic) bond motifs is 1. The van der Waals surface area contributed by atoms with Crippen LogP contribution in [-0.4, -0.2) is 37.7 Å². The van der Waals surface area contributed by atoms with E-state index in [1.54, 1.807) is 0 Å². The van der Waals surface area contributed by atoms with Gasteiger partial charge >= 0.3 is 0 Å². The maximum atomic E-state index is 5.62. The van der Waals surface area contributed by atoms with Crippen LogP contribution in [0.2, 0.25) is 0 Å². The third-order valence-corrected chi connectivity index (χ3v) is 5.69. The zero-order chi connectivity index (χ0) is 19.0. The molecule has 1 saturated carbocycles. The highest BCUT2D eigenvalue weighted by Gasteiger charge is 2.33. The Bertz CT molecular complexity index is 754. The number of aliphatic imine (C=N–C) groups is 1. The minimum Gasteiger partial charge on any atom is -0.382 e. The van der Waals surface area contributed by atoms with Crippen LogP contribution in [-0.2, 0) is 11.3 Å².